The monoisotopic (exact) mass is 1070 g/mol. The predicted molar refractivity (Wildman–Crippen MR) is 299 cm³/mol. The van der Waals surface area contributed by atoms with Crippen molar-refractivity contribution in [3.63, 3.8) is 0 Å². The first kappa shape index (κ1) is 59.2. The highest BCUT2D eigenvalue weighted by atomic mass is 16.6. The zero-order valence-corrected chi connectivity index (χ0v) is 47.4. The Morgan fingerprint density at radius 2 is 0.662 bits per heavy atom. The van der Waals surface area contributed by atoms with E-state index in [2.05, 4.69) is 15.1 Å². The summed E-state index contributed by atoms with van der Waals surface area (Å²) in [5, 5.41) is 16.1. The second-order valence-corrected chi connectivity index (χ2v) is 23.5. The van der Waals surface area contributed by atoms with Crippen molar-refractivity contribution in [1.82, 2.24) is 29.8 Å². The van der Waals surface area contributed by atoms with Crippen LogP contribution in [0.25, 0.3) is 21.5 Å². The highest BCUT2D eigenvalue weighted by Gasteiger charge is 2.32. The van der Waals surface area contributed by atoms with Crippen LogP contribution in [0, 0.1) is 0 Å². The van der Waals surface area contributed by atoms with E-state index in [0.29, 0.717) is 89.7 Å². The molecule has 0 unspecified atom stereocenters. The minimum absolute atomic E-state index is 0.0358. The number of fused-ring (bicyclic) bond motifs is 2. The molecule has 0 aromatic heterocycles. The molecule has 4 fully saturated rings. The van der Waals surface area contributed by atoms with Gasteiger partial charge in [0.15, 0.2) is 0 Å². The molecule has 4 heterocycles. The molecule has 0 bridgehead atoms. The number of aromatic carboxylic acids is 1. The number of piperazine rings is 4. The fourth-order valence-corrected chi connectivity index (χ4v) is 9.17. The number of anilines is 2. The van der Waals surface area contributed by atoms with Gasteiger partial charge in [0.1, 0.15) is 22.4 Å². The molecule has 0 saturated carbocycles. The number of carbonyl (C=O) groups is 6. The van der Waals surface area contributed by atoms with Gasteiger partial charge in [-0.15, -0.1) is 0 Å². The molecule has 4 saturated heterocycles. The minimum atomic E-state index is -0.928. The summed E-state index contributed by atoms with van der Waals surface area (Å²) >= 11 is 0. The van der Waals surface area contributed by atoms with Crippen molar-refractivity contribution in [3.8, 4) is 0 Å². The fraction of sp³-hybridized carbons (Fsp3) is 0.552. The van der Waals surface area contributed by atoms with Crippen molar-refractivity contribution in [2.24, 2.45) is 0 Å². The summed E-state index contributed by atoms with van der Waals surface area (Å²) in [7, 11) is 0. The number of hydrogen-bond donors (Lipinski definition) is 2. The minimum Gasteiger partial charge on any atom is -0.478 e. The van der Waals surface area contributed by atoms with Crippen LogP contribution in [0.1, 0.15) is 104 Å². The van der Waals surface area contributed by atoms with Gasteiger partial charge in [0.2, 0.25) is 0 Å². The van der Waals surface area contributed by atoms with Crippen LogP contribution in [0.4, 0.5) is 30.6 Å². The fourth-order valence-electron chi connectivity index (χ4n) is 9.17. The van der Waals surface area contributed by atoms with Crippen LogP contribution < -0.4 is 15.1 Å². The molecular weight excluding hydrogens is 985 g/mol. The van der Waals surface area contributed by atoms with E-state index < -0.39 is 22.8 Å². The number of carboxylic acid groups (broad SMARTS) is 1. The average Bonchev–Trinajstić information content (AvgIpc) is 3.37. The lowest BCUT2D eigenvalue weighted by molar-refractivity contribution is 0.0140. The zero-order chi connectivity index (χ0) is 56.5. The topological polar surface area (TPSA) is 194 Å². The predicted octanol–water partition coefficient (Wildman–Crippen LogP) is 9.01. The van der Waals surface area contributed by atoms with Gasteiger partial charge in [-0.25, -0.2) is 24.0 Å². The third kappa shape index (κ3) is 17.0. The summed E-state index contributed by atoms with van der Waals surface area (Å²) in [5.41, 5.74) is 1.05. The van der Waals surface area contributed by atoms with E-state index in [-0.39, 0.29) is 35.9 Å². The molecule has 0 aliphatic carbocycles. The molecule has 8 rings (SSSR count). The van der Waals surface area contributed by atoms with Gasteiger partial charge in [0.05, 0.1) is 5.56 Å². The Kier molecular flexibility index (Phi) is 19.2. The van der Waals surface area contributed by atoms with Crippen LogP contribution in [0.15, 0.2) is 72.8 Å². The van der Waals surface area contributed by atoms with E-state index in [1.807, 2.05) is 155 Å². The maximum absolute atomic E-state index is 13.6. The third-order valence-corrected chi connectivity index (χ3v) is 12.8. The van der Waals surface area contributed by atoms with Crippen LogP contribution in [0.2, 0.25) is 0 Å². The molecular formula is C58H82N8O11. The van der Waals surface area contributed by atoms with E-state index >= 15 is 0 Å². The highest BCUT2D eigenvalue weighted by molar-refractivity contribution is 6.11. The van der Waals surface area contributed by atoms with Gasteiger partial charge in [-0.1, -0.05) is 48.5 Å². The molecule has 19 nitrogen and oxygen atoms in total. The molecule has 0 spiro atoms. The Labute approximate surface area is 454 Å². The average molecular weight is 1070 g/mol. The number of ether oxygens (including phenoxy) is 4. The highest BCUT2D eigenvalue weighted by Crippen LogP contribution is 2.33. The maximum atomic E-state index is 13.6. The summed E-state index contributed by atoms with van der Waals surface area (Å²) in [6.07, 6.45) is -1.11. The summed E-state index contributed by atoms with van der Waals surface area (Å²) < 4.78 is 21.7. The summed E-state index contributed by atoms with van der Waals surface area (Å²) in [6, 6.07) is 22.9. The molecule has 2 N–H and O–H groups in total. The van der Waals surface area contributed by atoms with Gasteiger partial charge < -0.3 is 63.7 Å². The molecule has 0 atom stereocenters. The molecule has 4 aliphatic heterocycles. The molecule has 4 aromatic carbocycles. The van der Waals surface area contributed by atoms with Crippen molar-refractivity contribution in [3.05, 3.63) is 83.9 Å². The van der Waals surface area contributed by atoms with Crippen molar-refractivity contribution in [1.29, 1.82) is 0 Å². The van der Waals surface area contributed by atoms with E-state index in [9.17, 15) is 33.9 Å². The summed E-state index contributed by atoms with van der Waals surface area (Å²) in [4.78, 5) is 86.7. The van der Waals surface area contributed by atoms with Crippen molar-refractivity contribution in [2.75, 3.05) is 115 Å². The Bertz CT molecular complexity index is 2710. The quantitative estimate of drug-likeness (QED) is 0.184. The van der Waals surface area contributed by atoms with Crippen LogP contribution >= 0.6 is 0 Å². The molecule has 19 heteroatoms. The van der Waals surface area contributed by atoms with Crippen LogP contribution in [0.3, 0.4) is 0 Å². The zero-order valence-electron chi connectivity index (χ0n) is 47.4. The van der Waals surface area contributed by atoms with Crippen molar-refractivity contribution < 1.29 is 52.8 Å². The number of carboxylic acids is 1. The Hall–Kier alpha value is -7.02. The maximum Gasteiger partial charge on any atom is 0.410 e. The molecule has 0 radical (unpaired) electrons. The number of benzene rings is 4. The number of rotatable bonds is 4. The Morgan fingerprint density at radius 3 is 1.00 bits per heavy atom. The van der Waals surface area contributed by atoms with E-state index in [1.165, 1.54) is 0 Å². The van der Waals surface area contributed by atoms with Gasteiger partial charge in [-0.05, 0) is 118 Å². The lowest BCUT2D eigenvalue weighted by Crippen LogP contribution is -2.51. The molecule has 4 aromatic rings. The van der Waals surface area contributed by atoms with Gasteiger partial charge >= 0.3 is 30.3 Å². The number of nitrogens with zero attached hydrogens (tertiary/aromatic N) is 7. The second kappa shape index (κ2) is 25.0. The number of nitrogens with one attached hydrogen (secondary N) is 1. The lowest BCUT2D eigenvalue weighted by Gasteiger charge is -2.37. The van der Waals surface area contributed by atoms with Crippen LogP contribution in [-0.2, 0) is 18.9 Å². The first-order valence-electron chi connectivity index (χ1n) is 26.8. The standard InChI is InChI=1S/C29H40N4O5.C20H24N2O4.C9H18N2O2/c1-28(2,3)37-26(35)32-17-13-30(14-18-32)24-12-11-23(21-9-7-8-10-22(21)24)25(34)31-15-19-33(20-16-31)27(36)38-29(4,5)6;1-20(2,3)26-19(25)22-12-10-21(11-13-22)17-9-8-16(18(23)24)14-6-4-5-7-15(14)17;1-9(2,3)13-8(12)11-6-4-10-5-7-11/h7-12H,13-20H2,1-6H3;4-9H,10-13H2,1-3H3,(H,23,24);10H,4-7H2,1-3H3. The van der Waals surface area contributed by atoms with Gasteiger partial charge in [-0.2, -0.15) is 0 Å². The normalized spacial score (nSPS) is 16.6. The molecule has 77 heavy (non-hydrogen) atoms. The Morgan fingerprint density at radius 1 is 0.377 bits per heavy atom. The number of carbonyl (C=O) groups excluding carboxylic acids is 5. The van der Waals surface area contributed by atoms with Crippen LogP contribution in [-0.4, -0.2) is 193 Å². The van der Waals surface area contributed by atoms with Crippen molar-refractivity contribution >= 4 is 69.2 Å². The van der Waals surface area contributed by atoms with E-state index in [0.717, 1.165) is 59.1 Å². The first-order chi connectivity index (χ1) is 36.1. The summed E-state index contributed by atoms with van der Waals surface area (Å²) in [6.45, 7) is 32.4. The SMILES string of the molecule is CC(C)(C)OC(=O)N1CCN(C(=O)c2ccc(N3CCN(C(=O)OC(C)(C)C)CC3)c3ccccc23)CC1.CC(C)(C)OC(=O)N1CCN(c2ccc(C(=O)O)c3ccccc23)CC1.CC(C)(C)OC(=O)N1CCNCC1. The number of amides is 5. The molecule has 5 amide bonds. The summed E-state index contributed by atoms with van der Waals surface area (Å²) in [5.74, 6) is -0.964. The van der Waals surface area contributed by atoms with Gasteiger partial charge in [0.25, 0.3) is 5.91 Å². The number of hydrogen-bond acceptors (Lipinski definition) is 13. The smallest absolute Gasteiger partial charge is 0.410 e. The van der Waals surface area contributed by atoms with Gasteiger partial charge in [-0.3, -0.25) is 4.79 Å². The van der Waals surface area contributed by atoms with Gasteiger partial charge in [0, 0.05) is 132 Å². The van der Waals surface area contributed by atoms with E-state index in [1.54, 1.807) is 25.7 Å². The largest absolute Gasteiger partial charge is 0.478 e. The third-order valence-electron chi connectivity index (χ3n) is 12.8. The molecule has 4 aliphatic rings. The second-order valence-electron chi connectivity index (χ2n) is 23.5. The first-order valence-corrected chi connectivity index (χ1v) is 26.8. The Balaban J connectivity index is 0.000000211. The van der Waals surface area contributed by atoms with E-state index in [4.69, 9.17) is 18.9 Å². The lowest BCUT2D eigenvalue weighted by atomic mass is 10.0. The molecule has 420 valence electrons. The van der Waals surface area contributed by atoms with Crippen LogP contribution in [0.5, 0.6) is 0 Å². The van der Waals surface area contributed by atoms with Crippen molar-refractivity contribution in [2.45, 2.75) is 105 Å².